The Hall–Kier alpha value is -1.97. The Kier molecular flexibility index (Phi) is 5.04. The number of piperidine rings is 1. The van der Waals surface area contributed by atoms with Gasteiger partial charge in [-0.15, -0.1) is 0 Å². The maximum absolute atomic E-state index is 13.7. The van der Waals surface area contributed by atoms with E-state index in [0.29, 0.717) is 16.9 Å². The van der Waals surface area contributed by atoms with Crippen LogP contribution < -0.4 is 10.5 Å². The van der Waals surface area contributed by atoms with Crippen LogP contribution >= 0.6 is 7.60 Å². The normalized spacial score (nSPS) is 18.0. The molecule has 0 saturated carbocycles. The van der Waals surface area contributed by atoms with E-state index in [9.17, 15) is 22.5 Å². The molecule has 12 heteroatoms. The molecule has 8 nitrogen and oxygen atoms in total. The zero-order valence-corrected chi connectivity index (χ0v) is 15.0. The molecule has 0 amide bonds. The summed E-state index contributed by atoms with van der Waals surface area (Å²) in [7, 11) is -4.52. The number of pyridine rings is 1. The van der Waals surface area contributed by atoms with E-state index in [-0.39, 0.29) is 31.5 Å². The van der Waals surface area contributed by atoms with E-state index in [1.54, 1.807) is 4.90 Å². The van der Waals surface area contributed by atoms with Crippen molar-refractivity contribution in [1.82, 2.24) is 15.0 Å². The van der Waals surface area contributed by atoms with Crippen LogP contribution in [0.5, 0.6) is 0 Å². The summed E-state index contributed by atoms with van der Waals surface area (Å²) in [6.07, 6.45) is -5.35. The van der Waals surface area contributed by atoms with E-state index < -0.39 is 31.8 Å². The fourth-order valence-electron chi connectivity index (χ4n) is 3.39. The molecule has 0 atom stereocenters. The van der Waals surface area contributed by atoms with Crippen LogP contribution in [0, 0.1) is 5.41 Å². The van der Waals surface area contributed by atoms with Gasteiger partial charge in [0.05, 0.1) is 17.0 Å². The van der Waals surface area contributed by atoms with Crippen molar-refractivity contribution in [3.8, 4) is 0 Å². The smallest absolute Gasteiger partial charge is 0.356 e. The summed E-state index contributed by atoms with van der Waals surface area (Å²) in [5.74, 6) is 0.419. The van der Waals surface area contributed by atoms with Gasteiger partial charge < -0.3 is 19.7 Å². The first-order valence-electron chi connectivity index (χ1n) is 8.21. The van der Waals surface area contributed by atoms with Gasteiger partial charge in [0.2, 0.25) is 5.56 Å². The molecular weight excluding hydrogens is 388 g/mol. The number of anilines is 1. The lowest BCUT2D eigenvalue weighted by atomic mass is 9.75. The highest BCUT2D eigenvalue weighted by Gasteiger charge is 2.55. The van der Waals surface area contributed by atoms with Crippen molar-refractivity contribution >= 4 is 24.4 Å². The Balaban J connectivity index is 1.85. The van der Waals surface area contributed by atoms with E-state index in [4.69, 9.17) is 9.79 Å². The molecule has 3 N–H and O–H groups in total. The second-order valence-electron chi connectivity index (χ2n) is 6.69. The predicted molar refractivity (Wildman–Crippen MR) is 91.6 cm³/mol. The maximum Gasteiger partial charge on any atom is 0.394 e. The molecule has 2 aromatic heterocycles. The van der Waals surface area contributed by atoms with Crippen molar-refractivity contribution < 1.29 is 27.5 Å². The molecule has 1 fully saturated rings. The molecule has 0 bridgehead atoms. The van der Waals surface area contributed by atoms with Gasteiger partial charge in [0.15, 0.2) is 0 Å². The van der Waals surface area contributed by atoms with Crippen LogP contribution in [0.4, 0.5) is 19.0 Å². The van der Waals surface area contributed by atoms with Crippen LogP contribution in [-0.2, 0) is 4.57 Å². The quantitative estimate of drug-likeness (QED) is 0.665. The number of aromatic amines is 1. The number of hydrogen-bond donors (Lipinski definition) is 3. The van der Waals surface area contributed by atoms with Gasteiger partial charge in [0, 0.05) is 19.2 Å². The van der Waals surface area contributed by atoms with Crippen molar-refractivity contribution in [3.05, 3.63) is 28.8 Å². The highest BCUT2D eigenvalue weighted by Crippen LogP contribution is 2.52. The molecule has 0 aromatic carbocycles. The number of hydrogen-bond acceptors (Lipinski definition) is 5. The highest BCUT2D eigenvalue weighted by molar-refractivity contribution is 7.51. The van der Waals surface area contributed by atoms with E-state index in [1.807, 2.05) is 0 Å². The van der Waals surface area contributed by atoms with E-state index in [2.05, 4.69) is 15.0 Å². The molecule has 3 rings (SSSR count). The van der Waals surface area contributed by atoms with Gasteiger partial charge in [-0.2, -0.15) is 13.2 Å². The minimum absolute atomic E-state index is 0.0198. The van der Waals surface area contributed by atoms with E-state index in [0.717, 1.165) is 0 Å². The zero-order valence-electron chi connectivity index (χ0n) is 14.1. The van der Waals surface area contributed by atoms with Gasteiger partial charge in [-0.05, 0) is 25.3 Å². The van der Waals surface area contributed by atoms with Gasteiger partial charge in [0.1, 0.15) is 17.8 Å². The molecule has 148 valence electrons. The lowest BCUT2D eigenvalue weighted by Crippen LogP contribution is -2.48. The molecular formula is C15H18F3N4O4P. The molecule has 1 aliphatic heterocycles. The maximum atomic E-state index is 13.7. The molecule has 2 aromatic rings. The number of aromatic nitrogens is 3. The summed E-state index contributed by atoms with van der Waals surface area (Å²) in [6, 6.07) is 2.81. The molecule has 0 radical (unpaired) electrons. The third kappa shape index (κ3) is 4.15. The van der Waals surface area contributed by atoms with Crippen LogP contribution in [0.15, 0.2) is 23.3 Å². The Morgan fingerprint density at radius 2 is 1.89 bits per heavy atom. The molecule has 27 heavy (non-hydrogen) atoms. The lowest BCUT2D eigenvalue weighted by molar-refractivity contribution is -0.232. The van der Waals surface area contributed by atoms with Crippen LogP contribution in [0.3, 0.4) is 0 Å². The van der Waals surface area contributed by atoms with Crippen LogP contribution in [0.2, 0.25) is 0 Å². The van der Waals surface area contributed by atoms with Gasteiger partial charge in [-0.3, -0.25) is 9.36 Å². The summed E-state index contributed by atoms with van der Waals surface area (Å²) in [6.45, 7) is 0.0395. The number of fused-ring (bicyclic) bond motifs is 1. The summed E-state index contributed by atoms with van der Waals surface area (Å²) in [5, 5.41) is 0.520. The number of H-pyrrole nitrogens is 1. The highest BCUT2D eigenvalue weighted by atomic mass is 31.2. The number of rotatable bonds is 4. The Labute approximate surface area is 151 Å². The number of nitrogens with zero attached hydrogens (tertiary/aromatic N) is 3. The van der Waals surface area contributed by atoms with Gasteiger partial charge in [-0.1, -0.05) is 0 Å². The number of nitrogens with one attached hydrogen (secondary N) is 1. The average Bonchev–Trinajstić information content (AvgIpc) is 2.58. The summed E-state index contributed by atoms with van der Waals surface area (Å²) < 4.78 is 52.1. The van der Waals surface area contributed by atoms with Gasteiger partial charge >= 0.3 is 13.8 Å². The van der Waals surface area contributed by atoms with Crippen molar-refractivity contribution in [2.75, 3.05) is 24.2 Å². The first kappa shape index (κ1) is 19.8. The van der Waals surface area contributed by atoms with Crippen molar-refractivity contribution in [2.24, 2.45) is 5.41 Å². The fourth-order valence-corrected chi connectivity index (χ4v) is 4.11. The minimum Gasteiger partial charge on any atom is -0.356 e. The number of alkyl halides is 3. The molecule has 1 aliphatic rings. The van der Waals surface area contributed by atoms with Crippen LogP contribution in [-0.4, -0.2) is 50.2 Å². The Bertz CT molecular complexity index is 935. The van der Waals surface area contributed by atoms with Crippen molar-refractivity contribution in [2.45, 2.75) is 25.4 Å². The molecule has 0 spiro atoms. The summed E-state index contributed by atoms with van der Waals surface area (Å²) >= 11 is 0. The summed E-state index contributed by atoms with van der Waals surface area (Å²) in [5.41, 5.74) is -2.19. The largest absolute Gasteiger partial charge is 0.394 e. The topological polar surface area (TPSA) is 119 Å². The fraction of sp³-hybridized carbons (Fsp3) is 0.533. The van der Waals surface area contributed by atoms with E-state index >= 15 is 0 Å². The van der Waals surface area contributed by atoms with E-state index in [1.165, 1.54) is 18.5 Å². The SMILES string of the molecule is O=c1ccc2c(N3CCC(CCP(=O)(O)O)(C(F)(F)F)CC3)ncnc2[nH]1. The van der Waals surface area contributed by atoms with Crippen molar-refractivity contribution in [1.29, 1.82) is 0 Å². The van der Waals surface area contributed by atoms with Crippen LogP contribution in [0.1, 0.15) is 19.3 Å². The first-order chi connectivity index (χ1) is 12.5. The Morgan fingerprint density at radius 1 is 1.22 bits per heavy atom. The molecule has 3 heterocycles. The molecule has 0 aliphatic carbocycles. The Morgan fingerprint density at radius 3 is 2.48 bits per heavy atom. The summed E-state index contributed by atoms with van der Waals surface area (Å²) in [4.78, 5) is 41.7. The third-order valence-corrected chi connectivity index (χ3v) is 5.82. The second-order valence-corrected chi connectivity index (χ2v) is 8.46. The molecule has 0 unspecified atom stereocenters. The predicted octanol–water partition coefficient (Wildman–Crippen LogP) is 2.03. The minimum atomic E-state index is -4.56. The molecule has 1 saturated heterocycles. The standard InChI is InChI=1S/C15H18F3N4O4P/c16-15(17,18)14(5-8-27(24,25)26)3-6-22(7-4-14)13-10-1-2-11(23)21-12(10)19-9-20-13/h1-2,9H,3-8H2,(H2,24,25,26)(H,19,20,21,23). The number of halogens is 3. The first-order valence-corrected chi connectivity index (χ1v) is 10.0. The zero-order chi connectivity index (χ0) is 19.9. The average molecular weight is 406 g/mol. The third-order valence-electron chi connectivity index (χ3n) is 5.01. The second kappa shape index (κ2) is 6.88. The van der Waals surface area contributed by atoms with Gasteiger partial charge in [-0.25, -0.2) is 9.97 Å². The lowest BCUT2D eigenvalue weighted by Gasteiger charge is -2.43. The van der Waals surface area contributed by atoms with Gasteiger partial charge in [0.25, 0.3) is 0 Å². The monoisotopic (exact) mass is 406 g/mol. The van der Waals surface area contributed by atoms with Crippen molar-refractivity contribution in [3.63, 3.8) is 0 Å². The van der Waals surface area contributed by atoms with Crippen LogP contribution in [0.25, 0.3) is 11.0 Å².